The van der Waals surface area contributed by atoms with E-state index in [0.29, 0.717) is 0 Å². The number of carbonyl (C=O) groups is 4. The van der Waals surface area contributed by atoms with E-state index in [1.54, 1.807) is 6.34 Å². The van der Waals surface area contributed by atoms with Crippen molar-refractivity contribution in [3.63, 3.8) is 0 Å². The van der Waals surface area contributed by atoms with E-state index in [-0.39, 0.29) is 52.4 Å². The number of aliphatic carboxylic acids is 2. The van der Waals surface area contributed by atoms with Crippen LogP contribution in [0.1, 0.15) is 38.8 Å². The van der Waals surface area contributed by atoms with E-state index in [9.17, 15) is 29.4 Å². The van der Waals surface area contributed by atoms with Gasteiger partial charge in [-0.25, -0.2) is 19.1 Å². The number of nitrogen functional groups attached to an aromatic ring is 1. The summed E-state index contributed by atoms with van der Waals surface area (Å²) >= 11 is 2.25. The average molecular weight is 607 g/mol. The first-order valence-electron chi connectivity index (χ1n) is 12.5. The number of nitrogens with zero attached hydrogens (tertiary/aromatic N) is 5. The number of nitrogens with one attached hydrogen (secondary N) is 2. The molecule has 41 heavy (non-hydrogen) atoms. The zero-order valence-corrected chi connectivity index (χ0v) is 23.6. The molecule has 4 aliphatic rings. The highest BCUT2D eigenvalue weighted by Gasteiger charge is 2.57. The maximum absolute atomic E-state index is 13.3. The summed E-state index contributed by atoms with van der Waals surface area (Å²) in [5, 5.41) is 35.0. The monoisotopic (exact) mass is 606 g/mol. The SMILES string of the molecule is CC(C)(ON=C(C(=O)NC1C(=O)N2C(C(=O)O)=C(N3C=[N+](C4CC4)C(N)CC3=N)CS[C@@H]12)c1csc(N)n1)C(=O)O. The van der Waals surface area contributed by atoms with Gasteiger partial charge in [-0.1, -0.05) is 5.16 Å². The fourth-order valence-electron chi connectivity index (χ4n) is 4.46. The summed E-state index contributed by atoms with van der Waals surface area (Å²) < 4.78 is 1.92. The van der Waals surface area contributed by atoms with Crippen molar-refractivity contribution in [1.29, 1.82) is 5.41 Å². The van der Waals surface area contributed by atoms with Gasteiger partial charge in [0.1, 0.15) is 17.1 Å². The minimum absolute atomic E-state index is 0.0112. The van der Waals surface area contributed by atoms with Gasteiger partial charge in [-0.3, -0.25) is 25.6 Å². The fourth-order valence-corrected chi connectivity index (χ4v) is 6.34. The van der Waals surface area contributed by atoms with E-state index >= 15 is 0 Å². The van der Waals surface area contributed by atoms with Gasteiger partial charge >= 0.3 is 11.9 Å². The smallest absolute Gasteiger partial charge is 0.356 e. The summed E-state index contributed by atoms with van der Waals surface area (Å²) in [6.07, 6.45) is 3.39. The van der Waals surface area contributed by atoms with Crippen molar-refractivity contribution in [3.05, 3.63) is 22.5 Å². The summed E-state index contributed by atoms with van der Waals surface area (Å²) in [6, 6.07) is -0.879. The highest BCUT2D eigenvalue weighted by Crippen LogP contribution is 2.41. The Morgan fingerprint density at radius 1 is 1.32 bits per heavy atom. The predicted octanol–water partition coefficient (Wildman–Crippen LogP) is -0.824. The van der Waals surface area contributed by atoms with Crippen molar-refractivity contribution in [2.24, 2.45) is 10.9 Å². The minimum atomic E-state index is -1.77. The van der Waals surface area contributed by atoms with Crippen LogP contribution in [-0.4, -0.2) is 106 Å². The van der Waals surface area contributed by atoms with Crippen LogP contribution in [0.15, 0.2) is 21.9 Å². The van der Waals surface area contributed by atoms with Crippen molar-refractivity contribution in [3.8, 4) is 0 Å². The van der Waals surface area contributed by atoms with Crippen LogP contribution in [0.4, 0.5) is 5.13 Å². The number of oxime groups is 1. The molecule has 4 heterocycles. The summed E-state index contributed by atoms with van der Waals surface area (Å²) in [6.45, 7) is 2.48. The van der Waals surface area contributed by atoms with E-state index in [2.05, 4.69) is 15.5 Å². The fraction of sp³-hybridized carbons (Fsp3) is 0.478. The molecule has 1 aromatic heterocycles. The molecule has 0 spiro atoms. The molecular weight excluding hydrogens is 578 g/mol. The number of amides is 2. The number of anilines is 1. The van der Waals surface area contributed by atoms with E-state index in [1.807, 2.05) is 4.58 Å². The lowest BCUT2D eigenvalue weighted by Crippen LogP contribution is -2.71. The lowest BCUT2D eigenvalue weighted by Gasteiger charge is -2.49. The molecule has 5 rings (SSSR count). The third-order valence-corrected chi connectivity index (χ3v) is 8.82. The number of aromatic nitrogens is 1. The molecule has 3 aliphatic heterocycles. The Balaban J connectivity index is 1.39. The molecule has 0 bridgehead atoms. The number of carboxylic acid groups (broad SMARTS) is 2. The largest absolute Gasteiger partial charge is 0.478 e. The van der Waals surface area contributed by atoms with Crippen molar-refractivity contribution in [1.82, 2.24) is 20.1 Å². The molecule has 1 aliphatic carbocycles. The first kappa shape index (κ1) is 28.5. The van der Waals surface area contributed by atoms with Gasteiger partial charge in [0.25, 0.3) is 11.8 Å². The Morgan fingerprint density at radius 3 is 2.61 bits per heavy atom. The van der Waals surface area contributed by atoms with Crippen LogP contribution >= 0.6 is 23.1 Å². The molecule has 0 radical (unpaired) electrons. The minimum Gasteiger partial charge on any atom is -0.478 e. The molecule has 1 saturated carbocycles. The van der Waals surface area contributed by atoms with E-state index in [0.717, 1.165) is 29.1 Å². The molecule has 1 saturated heterocycles. The molecule has 1 aromatic rings. The van der Waals surface area contributed by atoms with Crippen molar-refractivity contribution >= 4 is 69.9 Å². The van der Waals surface area contributed by atoms with Gasteiger partial charge in [0, 0.05) is 5.38 Å². The molecule has 0 aromatic carbocycles. The normalized spacial score (nSPS) is 24.9. The summed E-state index contributed by atoms with van der Waals surface area (Å²) in [5.41, 5.74) is 9.72. The number of thiazole rings is 1. The van der Waals surface area contributed by atoms with Crippen molar-refractivity contribution in [2.75, 3.05) is 11.5 Å². The third-order valence-electron chi connectivity index (χ3n) is 6.88. The number of amidine groups is 1. The molecule has 2 unspecified atom stereocenters. The second kappa shape index (κ2) is 10.4. The van der Waals surface area contributed by atoms with Gasteiger partial charge in [-0.15, -0.1) is 23.1 Å². The number of thioether (sulfide) groups is 1. The number of carbonyl (C=O) groups excluding carboxylic acids is 2. The molecule has 3 atom stereocenters. The Labute approximate surface area is 241 Å². The molecular formula is C23H28N9O7S2+. The second-order valence-electron chi connectivity index (χ2n) is 10.3. The number of carboxylic acids is 2. The third kappa shape index (κ3) is 5.24. The Hall–Kier alpha value is -4.03. The van der Waals surface area contributed by atoms with E-state index in [4.69, 9.17) is 21.7 Å². The van der Waals surface area contributed by atoms with Gasteiger partial charge in [0.15, 0.2) is 34.2 Å². The highest BCUT2D eigenvalue weighted by molar-refractivity contribution is 8.00. The van der Waals surface area contributed by atoms with Crippen LogP contribution < -0.4 is 16.8 Å². The average Bonchev–Trinajstić information content (AvgIpc) is 3.66. The molecule has 16 nitrogen and oxygen atoms in total. The van der Waals surface area contributed by atoms with E-state index in [1.165, 1.54) is 35.9 Å². The Bertz CT molecular complexity index is 1450. The van der Waals surface area contributed by atoms with Crippen LogP contribution in [0.5, 0.6) is 0 Å². The zero-order chi connectivity index (χ0) is 29.8. The molecule has 18 heteroatoms. The second-order valence-corrected chi connectivity index (χ2v) is 12.3. The van der Waals surface area contributed by atoms with Gasteiger partial charge in [-0.2, -0.15) is 4.90 Å². The summed E-state index contributed by atoms with van der Waals surface area (Å²) in [7, 11) is 0. The number of nitrogens with two attached hydrogens (primary N) is 2. The van der Waals surface area contributed by atoms with Crippen molar-refractivity contribution in [2.45, 2.75) is 62.3 Å². The lowest BCUT2D eigenvalue weighted by atomic mass is 10.0. The maximum Gasteiger partial charge on any atom is 0.356 e. The lowest BCUT2D eigenvalue weighted by molar-refractivity contribution is -0.578. The molecule has 2 amide bonds. The van der Waals surface area contributed by atoms with Gasteiger partial charge in [0.2, 0.25) is 11.9 Å². The maximum atomic E-state index is 13.3. The first-order chi connectivity index (χ1) is 19.3. The number of fused-ring (bicyclic) bond motifs is 1. The van der Waals surface area contributed by atoms with Crippen LogP contribution in [0.2, 0.25) is 0 Å². The number of hydrogen-bond acceptors (Lipinski definition) is 12. The highest BCUT2D eigenvalue weighted by atomic mass is 32.2. The van der Waals surface area contributed by atoms with Gasteiger partial charge in [-0.05, 0) is 26.7 Å². The topological polar surface area (TPSA) is 241 Å². The van der Waals surface area contributed by atoms with Gasteiger partial charge < -0.3 is 26.1 Å². The zero-order valence-electron chi connectivity index (χ0n) is 21.9. The molecule has 2 fully saturated rings. The van der Waals surface area contributed by atoms with E-state index < -0.39 is 46.5 Å². The number of hydrogen-bond donors (Lipinski definition) is 6. The van der Waals surface area contributed by atoms with Crippen LogP contribution in [0, 0.1) is 5.41 Å². The van der Waals surface area contributed by atoms with Crippen molar-refractivity contribution < 1.29 is 38.8 Å². The molecule has 218 valence electrons. The van der Waals surface area contributed by atoms with Crippen LogP contribution in [-0.2, 0) is 24.0 Å². The predicted molar refractivity (Wildman–Crippen MR) is 147 cm³/mol. The van der Waals surface area contributed by atoms with Crippen LogP contribution in [0.25, 0.3) is 0 Å². The Kier molecular flexibility index (Phi) is 7.24. The number of β-lactam (4-membered cyclic amide) rings is 1. The quantitative estimate of drug-likeness (QED) is 0.0874. The summed E-state index contributed by atoms with van der Waals surface area (Å²) in [4.78, 5) is 62.0. The van der Waals surface area contributed by atoms with Crippen LogP contribution in [0.3, 0.4) is 0 Å². The number of rotatable bonds is 9. The molecule has 8 N–H and O–H groups in total. The Morgan fingerprint density at radius 2 is 2.02 bits per heavy atom. The van der Waals surface area contributed by atoms with Gasteiger partial charge in [0.05, 0.1) is 18.2 Å². The first-order valence-corrected chi connectivity index (χ1v) is 14.4. The summed E-state index contributed by atoms with van der Waals surface area (Å²) in [5.74, 6) is -3.97. The standard InChI is InChI=1S/C23H27N9O7S2/c1-23(2,21(37)38)39-29-14(10-6-41-22(26)27-10)17(33)28-15-18(34)32-16(20(35)36)11(7-40-19(15)32)31-8-30(9-3-4-9)12(24)5-13(31)25/h6,8-9,12,15,19,25H,3-5,7,24H2,1-2H3,(H4-,26,27,28,33,35,36,37,38)/p+1/t12?,15?,19-/m0/s1.